The maximum absolute atomic E-state index is 12.4. The molecular formula is C13H28NO7P2S+. The molecule has 1 rings (SSSR count). The smallest absolute Gasteiger partial charge is 0.320 e. The van der Waals surface area contributed by atoms with E-state index in [0.29, 0.717) is 25.0 Å². The van der Waals surface area contributed by atoms with Crippen LogP contribution in [0.4, 0.5) is 0 Å². The largest absolute Gasteiger partial charge is 0.398 e. The Labute approximate surface area is 146 Å². The minimum atomic E-state index is -5.14. The van der Waals surface area contributed by atoms with E-state index in [9.17, 15) is 33.5 Å². The van der Waals surface area contributed by atoms with E-state index in [4.69, 9.17) is 0 Å². The molecule has 2 unspecified atom stereocenters. The normalized spacial score (nSPS) is 25.2. The molecule has 1 aliphatic heterocycles. The minimum absolute atomic E-state index is 0.0572. The van der Waals surface area contributed by atoms with Gasteiger partial charge in [0.15, 0.2) is 5.12 Å². The average molecular weight is 404 g/mol. The summed E-state index contributed by atoms with van der Waals surface area (Å²) in [6.45, 7) is 3.46. The van der Waals surface area contributed by atoms with Gasteiger partial charge < -0.3 is 24.1 Å². The van der Waals surface area contributed by atoms with Gasteiger partial charge in [-0.3, -0.25) is 13.9 Å². The molecule has 24 heavy (non-hydrogen) atoms. The Morgan fingerprint density at radius 1 is 1.25 bits per heavy atom. The summed E-state index contributed by atoms with van der Waals surface area (Å²) in [6.07, 6.45) is 1.42. The Kier molecular flexibility index (Phi) is 6.97. The van der Waals surface area contributed by atoms with E-state index in [2.05, 4.69) is 0 Å². The van der Waals surface area contributed by atoms with Crippen molar-refractivity contribution in [3.63, 3.8) is 0 Å². The molecule has 1 saturated heterocycles. The number of rotatable bonds is 6. The van der Waals surface area contributed by atoms with Crippen LogP contribution in [0.1, 0.15) is 33.1 Å². The van der Waals surface area contributed by atoms with E-state index in [1.165, 1.54) is 21.0 Å². The number of thioether (sulfide) groups is 1. The van der Waals surface area contributed by atoms with Gasteiger partial charge in [0.25, 0.3) is 0 Å². The van der Waals surface area contributed by atoms with Crippen LogP contribution < -0.4 is 0 Å². The molecule has 0 aromatic rings. The van der Waals surface area contributed by atoms with Crippen molar-refractivity contribution in [2.45, 2.75) is 38.1 Å². The number of piperidine rings is 1. The predicted octanol–water partition coefficient (Wildman–Crippen LogP) is 1.79. The van der Waals surface area contributed by atoms with Crippen molar-refractivity contribution < 1.29 is 38.0 Å². The van der Waals surface area contributed by atoms with Crippen LogP contribution in [0.15, 0.2) is 0 Å². The second-order valence-corrected chi connectivity index (χ2v) is 12.2. The van der Waals surface area contributed by atoms with Crippen LogP contribution in [0.25, 0.3) is 0 Å². The molecule has 1 heterocycles. The van der Waals surface area contributed by atoms with Gasteiger partial charge in [-0.1, -0.05) is 18.7 Å². The van der Waals surface area contributed by atoms with Crippen molar-refractivity contribution in [3.8, 4) is 0 Å². The number of nitrogens with zero attached hydrogens (tertiary/aromatic N) is 1. The highest BCUT2D eigenvalue weighted by Gasteiger charge is 2.76. The lowest BCUT2D eigenvalue weighted by Gasteiger charge is -2.55. The van der Waals surface area contributed by atoms with Crippen LogP contribution in [-0.2, 0) is 13.9 Å². The Hall–Kier alpha value is 0.280. The van der Waals surface area contributed by atoms with Crippen molar-refractivity contribution in [2.24, 2.45) is 11.8 Å². The molecular weight excluding hydrogens is 376 g/mol. The van der Waals surface area contributed by atoms with Gasteiger partial charge in [0.2, 0.25) is 0 Å². The lowest BCUT2D eigenvalue weighted by molar-refractivity contribution is -0.924. The fourth-order valence-corrected chi connectivity index (χ4v) is 9.45. The Morgan fingerprint density at radius 2 is 1.75 bits per heavy atom. The average Bonchev–Trinajstić information content (AvgIpc) is 2.33. The zero-order chi connectivity index (χ0) is 19.0. The summed E-state index contributed by atoms with van der Waals surface area (Å²) in [4.78, 5) is 51.2. The maximum Gasteiger partial charge on any atom is 0.398 e. The molecule has 1 fully saturated rings. The number of likely N-dealkylation sites (tertiary alicyclic amines) is 1. The second-order valence-electron chi connectivity index (χ2n) is 7.04. The number of carbonyl (C=O) groups is 1. The van der Waals surface area contributed by atoms with E-state index >= 15 is 0 Å². The summed E-state index contributed by atoms with van der Waals surface area (Å²) < 4.78 is 24.4. The van der Waals surface area contributed by atoms with Gasteiger partial charge in [-0.2, -0.15) is 0 Å². The van der Waals surface area contributed by atoms with E-state index < -0.39 is 30.6 Å². The van der Waals surface area contributed by atoms with Crippen molar-refractivity contribution >= 4 is 32.1 Å². The molecule has 0 aromatic heterocycles. The quantitative estimate of drug-likeness (QED) is 0.389. The number of hydrogen-bond donors (Lipinski definition) is 4. The van der Waals surface area contributed by atoms with E-state index in [1.807, 2.05) is 0 Å². The molecule has 0 spiro atoms. The summed E-state index contributed by atoms with van der Waals surface area (Å²) in [5.74, 6) is -0.719. The highest BCUT2D eigenvalue weighted by Crippen LogP contribution is 2.77. The fraction of sp³-hybridized carbons (Fsp3) is 0.923. The van der Waals surface area contributed by atoms with Gasteiger partial charge in [-0.15, -0.1) is 0 Å². The lowest BCUT2D eigenvalue weighted by Crippen LogP contribution is -2.66. The SMILES string of the molecule is CC(=O)SCCC(C)C1CCC[N+](C)(C)C1(P(=O)(O)O)P(=O)(O)O. The first-order valence-corrected chi connectivity index (χ1v) is 12.0. The molecule has 0 amide bonds. The molecule has 142 valence electrons. The molecule has 1 aliphatic rings. The van der Waals surface area contributed by atoms with E-state index in [-0.39, 0.29) is 17.6 Å². The van der Waals surface area contributed by atoms with Gasteiger partial charge in [0, 0.05) is 18.6 Å². The van der Waals surface area contributed by atoms with Crippen LogP contribution in [0.3, 0.4) is 0 Å². The molecule has 0 bridgehead atoms. The van der Waals surface area contributed by atoms with Crippen LogP contribution in [0, 0.1) is 11.8 Å². The first-order chi connectivity index (χ1) is 10.7. The summed E-state index contributed by atoms with van der Waals surface area (Å²) in [5.41, 5.74) is 0. The topological polar surface area (TPSA) is 132 Å². The zero-order valence-electron chi connectivity index (χ0n) is 14.5. The van der Waals surface area contributed by atoms with E-state index in [0.717, 1.165) is 11.8 Å². The van der Waals surface area contributed by atoms with Crippen molar-refractivity contribution in [2.75, 3.05) is 26.4 Å². The van der Waals surface area contributed by atoms with Crippen LogP contribution >= 0.6 is 27.0 Å². The molecule has 0 aromatic carbocycles. The first kappa shape index (κ1) is 22.3. The van der Waals surface area contributed by atoms with E-state index in [1.54, 1.807) is 6.92 Å². The summed E-state index contributed by atoms with van der Waals surface area (Å²) in [6, 6.07) is 0. The van der Waals surface area contributed by atoms with Gasteiger partial charge in [0.05, 0.1) is 20.6 Å². The lowest BCUT2D eigenvalue weighted by atomic mass is 9.83. The monoisotopic (exact) mass is 404 g/mol. The highest BCUT2D eigenvalue weighted by atomic mass is 32.2. The summed E-state index contributed by atoms with van der Waals surface area (Å²) in [5, 5.41) is -2.50. The summed E-state index contributed by atoms with van der Waals surface area (Å²) in [7, 11) is -7.33. The van der Waals surface area contributed by atoms with Gasteiger partial charge in [-0.25, -0.2) is 0 Å². The second kappa shape index (κ2) is 7.49. The fourth-order valence-electron chi connectivity index (χ4n) is 4.08. The predicted molar refractivity (Wildman–Crippen MR) is 93.4 cm³/mol. The van der Waals surface area contributed by atoms with Crippen molar-refractivity contribution in [1.29, 1.82) is 0 Å². The number of carbonyl (C=O) groups excluding carboxylic acids is 1. The Bertz CT molecular complexity index is 549. The third kappa shape index (κ3) is 3.99. The van der Waals surface area contributed by atoms with Crippen LogP contribution in [-0.4, -0.2) is 60.6 Å². The molecule has 0 aliphatic carbocycles. The van der Waals surface area contributed by atoms with Crippen molar-refractivity contribution in [1.82, 2.24) is 0 Å². The first-order valence-electron chi connectivity index (χ1n) is 7.76. The third-order valence-corrected chi connectivity index (χ3v) is 10.9. The Morgan fingerprint density at radius 3 is 2.17 bits per heavy atom. The van der Waals surface area contributed by atoms with Crippen LogP contribution in [0.2, 0.25) is 0 Å². The number of hydrogen-bond acceptors (Lipinski definition) is 4. The van der Waals surface area contributed by atoms with Crippen molar-refractivity contribution in [3.05, 3.63) is 0 Å². The molecule has 0 saturated carbocycles. The molecule has 4 N–H and O–H groups in total. The molecule has 2 atom stereocenters. The Balaban J connectivity index is 3.36. The molecule has 0 radical (unpaired) electrons. The maximum atomic E-state index is 12.4. The highest BCUT2D eigenvalue weighted by molar-refractivity contribution is 8.13. The molecule has 8 nitrogen and oxygen atoms in total. The number of quaternary nitrogens is 1. The van der Waals surface area contributed by atoms with Gasteiger partial charge in [0.1, 0.15) is 0 Å². The van der Waals surface area contributed by atoms with Crippen LogP contribution in [0.5, 0.6) is 0 Å². The minimum Gasteiger partial charge on any atom is -0.320 e. The summed E-state index contributed by atoms with van der Waals surface area (Å²) >= 11 is 1.11. The third-order valence-electron chi connectivity index (χ3n) is 5.04. The zero-order valence-corrected chi connectivity index (χ0v) is 17.1. The van der Waals surface area contributed by atoms with Gasteiger partial charge >= 0.3 is 20.2 Å². The standard InChI is InChI=1S/C13H27NO7P2S/c1-10(7-9-24-11(2)15)12-6-5-8-14(3,4)13(12,22(16,17)18)23(19,20)21/h10,12H,5-9H2,1-4H3,(H3-,16,17,18,19,20,21)/p+1. The van der Waals surface area contributed by atoms with Gasteiger partial charge in [-0.05, 0) is 25.2 Å². The molecule has 11 heteroatoms.